The number of hydrogen-bond donors (Lipinski definition) is 0. The molecule has 2 aliphatic rings. The summed E-state index contributed by atoms with van der Waals surface area (Å²) in [4.78, 5) is 21.3. The molecule has 0 aromatic heterocycles. The summed E-state index contributed by atoms with van der Waals surface area (Å²) >= 11 is 3.01. The molecule has 2 aliphatic carbocycles. The molecule has 0 aliphatic heterocycles. The molecule has 7 nitrogen and oxygen atoms in total. The molecule has 1 fully saturated rings. The van der Waals surface area contributed by atoms with Gasteiger partial charge in [-0.1, -0.05) is 58.7 Å². The molecule has 0 aromatic rings. The van der Waals surface area contributed by atoms with E-state index in [1.165, 1.54) is 6.42 Å². The van der Waals surface area contributed by atoms with E-state index in [9.17, 15) is 0 Å². The predicted molar refractivity (Wildman–Crippen MR) is 129 cm³/mol. The van der Waals surface area contributed by atoms with Crippen LogP contribution in [0.25, 0.3) is 14.5 Å². The first-order valence-corrected chi connectivity index (χ1v) is 11.2. The van der Waals surface area contributed by atoms with Gasteiger partial charge in [0.15, 0.2) is 6.42 Å². The zero-order valence-electron chi connectivity index (χ0n) is 21.5. The average molecular weight is 590 g/mol. The van der Waals surface area contributed by atoms with Gasteiger partial charge in [-0.3, -0.25) is 4.79 Å². The summed E-state index contributed by atoms with van der Waals surface area (Å²) in [5.74, 6) is 4.79. The Morgan fingerprint density at radius 3 is 1.97 bits per heavy atom. The molecular formula is C25H27BrK2N4O3. The first kappa shape index (κ1) is 41.9. The van der Waals surface area contributed by atoms with E-state index in [4.69, 9.17) is 47.9 Å². The molecule has 0 aromatic carbocycles. The molecule has 10 heteroatoms. The molecular weight excluding hydrogens is 562 g/mol. The van der Waals surface area contributed by atoms with Crippen molar-refractivity contribution >= 4 is 22.4 Å². The zero-order valence-corrected chi connectivity index (χ0v) is 28.3. The van der Waals surface area contributed by atoms with Crippen molar-refractivity contribution in [2.24, 2.45) is 0 Å². The summed E-state index contributed by atoms with van der Waals surface area (Å²) in [5.41, 5.74) is 1.26. The van der Waals surface area contributed by atoms with Crippen LogP contribution in [0.2, 0.25) is 0 Å². The minimum absolute atomic E-state index is 0. The van der Waals surface area contributed by atoms with Gasteiger partial charge in [-0.25, -0.2) is 32.9 Å². The quantitative estimate of drug-likeness (QED) is 0.0500. The summed E-state index contributed by atoms with van der Waals surface area (Å²) in [6.45, 7) is 20.8. The van der Waals surface area contributed by atoms with Crippen LogP contribution >= 0.6 is 15.9 Å². The van der Waals surface area contributed by atoms with Gasteiger partial charge in [0.05, 0.1) is 23.5 Å². The van der Waals surface area contributed by atoms with Gasteiger partial charge in [-0.2, -0.15) is 0 Å². The van der Waals surface area contributed by atoms with Gasteiger partial charge in [-0.15, -0.1) is 12.8 Å². The Balaban J connectivity index is -0.000000131. The number of hydrogen-bond acceptors (Lipinski definition) is 4. The molecule has 174 valence electrons. The monoisotopic (exact) mass is 588 g/mol. The summed E-state index contributed by atoms with van der Waals surface area (Å²) in [5, 5.41) is 17.6. The summed E-state index contributed by atoms with van der Waals surface area (Å²) in [6.07, 6.45) is 21.7. The van der Waals surface area contributed by atoms with Gasteiger partial charge in [0, 0.05) is 0 Å². The number of alkyl halides is 1. The number of terminal acetylenes is 2. The first-order chi connectivity index (χ1) is 16.0. The van der Waals surface area contributed by atoms with E-state index in [0.29, 0.717) is 11.0 Å². The third kappa shape index (κ3) is 19.5. The number of rotatable bonds is 3. The predicted octanol–water partition coefficient (Wildman–Crippen LogP) is -0.738. The molecule has 1 saturated carbocycles. The maximum atomic E-state index is 8.64. The third-order valence-electron chi connectivity index (χ3n) is 4.65. The topological polar surface area (TPSA) is 86.2 Å². The van der Waals surface area contributed by atoms with Crippen LogP contribution in [0.3, 0.4) is 0 Å². The smallest absolute Gasteiger partial charge is 1.00 e. The second-order valence-corrected chi connectivity index (χ2v) is 7.22. The van der Waals surface area contributed by atoms with Gasteiger partial charge in [0.1, 0.15) is 0 Å². The summed E-state index contributed by atoms with van der Waals surface area (Å²) in [7, 11) is 0. The van der Waals surface area contributed by atoms with Crippen LogP contribution in [-0.4, -0.2) is 17.5 Å². The summed E-state index contributed by atoms with van der Waals surface area (Å²) < 4.78 is 0. The minimum Gasteiger partial charge on any atom is -1.00 e. The zero-order chi connectivity index (χ0) is 25.4. The van der Waals surface area contributed by atoms with Crippen molar-refractivity contribution < 1.29 is 119 Å². The van der Waals surface area contributed by atoms with Gasteiger partial charge < -0.3 is 11.6 Å². The standard InChI is InChI=1S/C12H12N2.C9H10N2.C3H3Br.CH2O3.2K.H/c1-4-10-12(13-2,14-3)11-8-6-5-7-9-11;1-11-9(7-10)8-5-3-2-4-6-8;1-2-3-4;2-1-4-3;;;/h1,8H,5-7,9-10H2;2-6H2;1H,3H2;1,3H;;;/q;;;;2*+1;-1/p-1. The molecule has 0 N–H and O–H groups in total. The minimum atomic E-state index is -1.09. The Kier molecular flexibility index (Phi) is 35.8. The largest absolute Gasteiger partial charge is 1.00 e. The van der Waals surface area contributed by atoms with E-state index in [1.807, 2.05) is 12.1 Å². The molecule has 0 bridgehead atoms. The Bertz CT molecular complexity index is 892. The molecule has 0 spiro atoms. The fourth-order valence-corrected chi connectivity index (χ4v) is 3.10. The van der Waals surface area contributed by atoms with Crippen LogP contribution in [0.5, 0.6) is 0 Å². The van der Waals surface area contributed by atoms with E-state index in [0.717, 1.165) is 62.5 Å². The van der Waals surface area contributed by atoms with Crippen LogP contribution in [0.4, 0.5) is 0 Å². The molecule has 35 heavy (non-hydrogen) atoms. The Hall–Kier alpha value is -0.257. The van der Waals surface area contributed by atoms with Gasteiger partial charge in [-0.05, 0) is 38.5 Å². The van der Waals surface area contributed by atoms with Gasteiger partial charge >= 0.3 is 108 Å². The Labute approximate surface area is 305 Å². The van der Waals surface area contributed by atoms with E-state index in [-0.39, 0.29) is 117 Å². The van der Waals surface area contributed by atoms with Crippen molar-refractivity contribution in [2.75, 3.05) is 5.33 Å². The summed E-state index contributed by atoms with van der Waals surface area (Å²) in [6, 6.07) is 1.95. The SMILES string of the molecule is C#CCBr.O=CO[O-].[C-]#[N+]C(C#N)=C1CCCCC1.[C-]#[N+]C(CC#C)([N+]#[C-])C1=CCCCC1.[H-].[K+].[K+]. The fraction of sp³-hybridized carbons (Fsp3) is 0.480. The fourth-order valence-electron chi connectivity index (χ4n) is 3.10. The van der Waals surface area contributed by atoms with E-state index < -0.39 is 5.66 Å². The number of allylic oxidation sites excluding steroid dienone is 3. The number of carbonyl (C=O) groups is 1. The molecule has 0 unspecified atom stereocenters. The van der Waals surface area contributed by atoms with Crippen molar-refractivity contribution in [1.82, 2.24) is 0 Å². The van der Waals surface area contributed by atoms with Crippen molar-refractivity contribution in [3.8, 4) is 30.8 Å². The maximum Gasteiger partial charge on any atom is 1.00 e. The Morgan fingerprint density at radius 1 is 1.14 bits per heavy atom. The van der Waals surface area contributed by atoms with E-state index in [1.54, 1.807) is 0 Å². The molecule has 2 rings (SSSR count). The van der Waals surface area contributed by atoms with Crippen LogP contribution in [0.15, 0.2) is 22.9 Å². The van der Waals surface area contributed by atoms with Crippen LogP contribution < -0.4 is 108 Å². The Morgan fingerprint density at radius 2 is 1.66 bits per heavy atom. The maximum absolute atomic E-state index is 8.64. The average Bonchev–Trinajstić information content (AvgIpc) is 2.90. The van der Waals surface area contributed by atoms with Gasteiger partial charge in [0.2, 0.25) is 0 Å². The molecule has 0 amide bonds. The van der Waals surface area contributed by atoms with Crippen molar-refractivity contribution in [3.63, 3.8) is 0 Å². The molecule has 0 saturated heterocycles. The second-order valence-electron chi connectivity index (χ2n) is 6.66. The van der Waals surface area contributed by atoms with Gasteiger partial charge in [0.25, 0.3) is 12.2 Å². The van der Waals surface area contributed by atoms with Crippen molar-refractivity contribution in [2.45, 2.75) is 69.9 Å². The second kappa shape index (κ2) is 30.0. The van der Waals surface area contributed by atoms with E-state index >= 15 is 0 Å². The third-order valence-corrected chi connectivity index (χ3v) is 4.97. The molecule has 0 heterocycles. The van der Waals surface area contributed by atoms with E-state index in [2.05, 4.69) is 47.2 Å². The number of halogens is 1. The first-order valence-electron chi connectivity index (χ1n) is 10.1. The van der Waals surface area contributed by atoms with Crippen LogP contribution in [0.1, 0.15) is 65.6 Å². The molecule has 0 atom stereocenters. The van der Waals surface area contributed by atoms with Crippen molar-refractivity contribution in [1.29, 1.82) is 5.26 Å². The van der Waals surface area contributed by atoms with Crippen LogP contribution in [0, 0.1) is 55.7 Å². The normalized spacial score (nSPS) is 12.8. The number of nitrogens with zero attached hydrogens (tertiary/aromatic N) is 4. The molecule has 0 radical (unpaired) electrons. The van der Waals surface area contributed by atoms with Crippen molar-refractivity contribution in [3.05, 3.63) is 57.2 Å². The van der Waals surface area contributed by atoms with Crippen LogP contribution in [-0.2, 0) is 9.68 Å². The number of carbonyl (C=O) groups excluding carboxylic acids is 1. The number of nitriles is 1.